The zero-order valence-electron chi connectivity index (χ0n) is 9.84. The number of hydrogen-bond donors (Lipinski definition) is 1. The highest BCUT2D eigenvalue weighted by Crippen LogP contribution is 2.56. The summed E-state index contributed by atoms with van der Waals surface area (Å²) < 4.78 is 13.0. The molecule has 0 spiro atoms. The Morgan fingerprint density at radius 3 is 2.50 bits per heavy atom. The molecular formula is C13H19O2P. The van der Waals surface area contributed by atoms with Crippen LogP contribution in [0.3, 0.4) is 0 Å². The molecule has 1 aromatic rings. The Bertz CT molecular complexity index is 402. The van der Waals surface area contributed by atoms with Gasteiger partial charge in [0.2, 0.25) is 0 Å². The third-order valence-corrected chi connectivity index (χ3v) is 7.63. The van der Waals surface area contributed by atoms with E-state index in [1.165, 1.54) is 0 Å². The maximum Gasteiger partial charge on any atom is 0.118 e. The number of rotatable bonds is 1. The molecule has 1 saturated heterocycles. The van der Waals surface area contributed by atoms with Gasteiger partial charge in [-0.2, -0.15) is 0 Å². The minimum Gasteiger partial charge on any atom is -0.393 e. The predicted octanol–water partition coefficient (Wildman–Crippen LogP) is 2.46. The van der Waals surface area contributed by atoms with Gasteiger partial charge in [-0.15, -0.1) is 0 Å². The second-order valence-corrected chi connectivity index (χ2v) is 8.30. The fourth-order valence-corrected chi connectivity index (χ4v) is 5.93. The molecule has 0 bridgehead atoms. The highest BCUT2D eigenvalue weighted by molar-refractivity contribution is 7.72. The lowest BCUT2D eigenvalue weighted by molar-refractivity contribution is 0.111. The normalized spacial score (nSPS) is 39.6. The van der Waals surface area contributed by atoms with Gasteiger partial charge in [-0.25, -0.2) is 0 Å². The van der Waals surface area contributed by atoms with Gasteiger partial charge >= 0.3 is 0 Å². The van der Waals surface area contributed by atoms with Crippen molar-refractivity contribution in [1.82, 2.24) is 0 Å². The molecule has 1 aliphatic rings. The van der Waals surface area contributed by atoms with Crippen molar-refractivity contribution < 1.29 is 9.67 Å². The van der Waals surface area contributed by atoms with Gasteiger partial charge in [0.1, 0.15) is 7.14 Å². The summed E-state index contributed by atoms with van der Waals surface area (Å²) in [5.41, 5.74) is 0.0982. The quantitative estimate of drug-likeness (QED) is 0.763. The van der Waals surface area contributed by atoms with E-state index in [-0.39, 0.29) is 17.7 Å². The summed E-state index contributed by atoms with van der Waals surface area (Å²) >= 11 is 0. The minimum atomic E-state index is -2.31. The van der Waals surface area contributed by atoms with E-state index in [9.17, 15) is 9.67 Å². The zero-order chi connectivity index (χ0) is 11.8. The fraction of sp³-hybridized carbons (Fsp3) is 0.538. The predicted molar refractivity (Wildman–Crippen MR) is 67.8 cm³/mol. The van der Waals surface area contributed by atoms with Gasteiger partial charge in [-0.1, -0.05) is 44.2 Å². The van der Waals surface area contributed by atoms with E-state index < -0.39 is 7.14 Å². The smallest absolute Gasteiger partial charge is 0.118 e. The summed E-state index contributed by atoms with van der Waals surface area (Å²) in [4.78, 5) is 0. The first-order chi connectivity index (χ1) is 7.54. The van der Waals surface area contributed by atoms with E-state index in [2.05, 4.69) is 0 Å². The van der Waals surface area contributed by atoms with E-state index in [1.807, 2.05) is 44.2 Å². The van der Waals surface area contributed by atoms with Crippen LogP contribution in [-0.2, 0) is 4.57 Å². The van der Waals surface area contributed by atoms with Gasteiger partial charge in [-0.3, -0.25) is 0 Å². The summed E-state index contributed by atoms with van der Waals surface area (Å²) in [5, 5.41) is 10.8. The van der Waals surface area contributed by atoms with Crippen molar-refractivity contribution >= 4 is 12.4 Å². The Morgan fingerprint density at radius 2 is 1.88 bits per heavy atom. The highest BCUT2D eigenvalue weighted by atomic mass is 31.2. The fourth-order valence-electron chi connectivity index (χ4n) is 2.52. The van der Waals surface area contributed by atoms with Crippen molar-refractivity contribution in [2.75, 3.05) is 6.16 Å². The van der Waals surface area contributed by atoms with E-state index in [4.69, 9.17) is 0 Å². The van der Waals surface area contributed by atoms with Gasteiger partial charge < -0.3 is 9.67 Å². The third kappa shape index (κ3) is 1.97. The van der Waals surface area contributed by atoms with Crippen molar-refractivity contribution in [2.45, 2.75) is 32.0 Å². The number of aliphatic hydroxyl groups is 1. The molecule has 2 nitrogen and oxygen atoms in total. The van der Waals surface area contributed by atoms with E-state index in [0.717, 1.165) is 5.30 Å². The first-order valence-electron chi connectivity index (χ1n) is 5.86. The molecule has 3 heteroatoms. The van der Waals surface area contributed by atoms with Crippen LogP contribution in [0.2, 0.25) is 0 Å². The van der Waals surface area contributed by atoms with Crippen LogP contribution in [0, 0.1) is 5.92 Å². The van der Waals surface area contributed by atoms with Gasteiger partial charge in [0, 0.05) is 17.1 Å². The second-order valence-electron chi connectivity index (χ2n) is 4.94. The lowest BCUT2D eigenvalue weighted by Gasteiger charge is -2.36. The summed E-state index contributed by atoms with van der Waals surface area (Å²) in [6.45, 7) is 4.00. The number of hydrogen-bond acceptors (Lipinski definition) is 2. The molecule has 1 fully saturated rings. The first kappa shape index (κ1) is 11.9. The Kier molecular flexibility index (Phi) is 3.23. The van der Waals surface area contributed by atoms with Crippen LogP contribution in [0.4, 0.5) is 0 Å². The van der Waals surface area contributed by atoms with Crippen LogP contribution in [0.5, 0.6) is 0 Å². The molecule has 88 valence electrons. The maximum absolute atomic E-state index is 13.0. The van der Waals surface area contributed by atoms with E-state index in [0.29, 0.717) is 12.6 Å². The summed E-state index contributed by atoms with van der Waals surface area (Å²) in [6.07, 6.45) is 1.01. The molecule has 0 unspecified atom stereocenters. The maximum atomic E-state index is 13.0. The van der Waals surface area contributed by atoms with Gasteiger partial charge in [0.15, 0.2) is 0 Å². The Morgan fingerprint density at radius 1 is 1.25 bits per heavy atom. The van der Waals surface area contributed by atoms with Gasteiger partial charge in [0.25, 0.3) is 0 Å². The first-order valence-corrected chi connectivity index (χ1v) is 7.82. The molecule has 1 aromatic carbocycles. The van der Waals surface area contributed by atoms with E-state index >= 15 is 0 Å². The summed E-state index contributed by atoms with van der Waals surface area (Å²) in [7, 11) is -2.31. The Hall–Kier alpha value is -0.590. The highest BCUT2D eigenvalue weighted by Gasteiger charge is 2.40. The van der Waals surface area contributed by atoms with Crippen molar-refractivity contribution in [1.29, 1.82) is 0 Å². The minimum absolute atomic E-state index is 0.0982. The van der Waals surface area contributed by atoms with Crippen molar-refractivity contribution in [3.05, 3.63) is 30.3 Å². The molecule has 1 N–H and O–H groups in total. The molecule has 2 rings (SSSR count). The molecular weight excluding hydrogens is 219 g/mol. The summed E-state index contributed by atoms with van der Waals surface area (Å²) in [5.74, 6) is 0.141. The standard InChI is InChI=1S/C13H19O2P/c1-10-9-16(15,11(2)8-13(10)14)12-6-4-3-5-7-12/h3-7,10-11,13-14H,8-9H2,1-2H3/t10-,11-,13-,16+/m1/s1. The molecule has 0 aliphatic carbocycles. The zero-order valence-corrected chi connectivity index (χ0v) is 10.7. The SMILES string of the molecule is C[C@@H]1C[P@@](=O)(c2ccccc2)[C@H](C)C[C@H]1O. The average molecular weight is 238 g/mol. The molecule has 4 atom stereocenters. The lowest BCUT2D eigenvalue weighted by atomic mass is 10.0. The van der Waals surface area contributed by atoms with Gasteiger partial charge in [-0.05, 0) is 12.3 Å². The van der Waals surface area contributed by atoms with Gasteiger partial charge in [0.05, 0.1) is 6.10 Å². The number of aliphatic hydroxyl groups excluding tert-OH is 1. The largest absolute Gasteiger partial charge is 0.393 e. The molecule has 16 heavy (non-hydrogen) atoms. The van der Waals surface area contributed by atoms with Crippen molar-refractivity contribution in [2.24, 2.45) is 5.92 Å². The molecule has 0 radical (unpaired) electrons. The van der Waals surface area contributed by atoms with Crippen LogP contribution in [0.25, 0.3) is 0 Å². The van der Waals surface area contributed by atoms with Crippen LogP contribution in [0.1, 0.15) is 20.3 Å². The van der Waals surface area contributed by atoms with E-state index in [1.54, 1.807) is 0 Å². The van der Waals surface area contributed by atoms with Crippen molar-refractivity contribution in [3.8, 4) is 0 Å². The Balaban J connectivity index is 2.35. The van der Waals surface area contributed by atoms with Crippen LogP contribution in [-0.4, -0.2) is 23.0 Å². The topological polar surface area (TPSA) is 37.3 Å². The molecule has 0 saturated carbocycles. The molecule has 1 heterocycles. The van der Waals surface area contributed by atoms with Crippen LogP contribution >= 0.6 is 7.14 Å². The summed E-state index contributed by atoms with van der Waals surface area (Å²) in [6, 6.07) is 9.75. The monoisotopic (exact) mass is 238 g/mol. The average Bonchev–Trinajstić information content (AvgIpc) is 2.28. The van der Waals surface area contributed by atoms with Crippen molar-refractivity contribution in [3.63, 3.8) is 0 Å². The molecule has 1 aliphatic heterocycles. The molecule has 0 aromatic heterocycles. The Labute approximate surface area is 97.1 Å². The third-order valence-electron chi connectivity index (χ3n) is 3.70. The van der Waals surface area contributed by atoms with Crippen LogP contribution < -0.4 is 5.30 Å². The number of benzene rings is 1. The van der Waals surface area contributed by atoms with Crippen LogP contribution in [0.15, 0.2) is 30.3 Å². The second kappa shape index (κ2) is 4.35. The molecule has 0 amide bonds. The lowest BCUT2D eigenvalue weighted by Crippen LogP contribution is -2.35.